The average Bonchev–Trinajstić information content (AvgIpc) is 2.61. The fourth-order valence-electron chi connectivity index (χ4n) is 3.43. The van der Waals surface area contributed by atoms with Gasteiger partial charge in [-0.2, -0.15) is 0 Å². The van der Waals surface area contributed by atoms with E-state index in [0.717, 1.165) is 5.69 Å². The summed E-state index contributed by atoms with van der Waals surface area (Å²) in [4.78, 5) is 28.0. The summed E-state index contributed by atoms with van der Waals surface area (Å²) < 4.78 is 0. The summed E-state index contributed by atoms with van der Waals surface area (Å²) in [7, 11) is 0. The molecule has 6 nitrogen and oxygen atoms in total. The van der Waals surface area contributed by atoms with Gasteiger partial charge in [-0.25, -0.2) is 4.79 Å². The second-order valence-electron chi connectivity index (χ2n) is 7.11. The summed E-state index contributed by atoms with van der Waals surface area (Å²) in [5.41, 5.74) is 0.566. The van der Waals surface area contributed by atoms with Crippen molar-refractivity contribution < 1.29 is 14.7 Å². The third-order valence-corrected chi connectivity index (χ3v) is 5.28. The SMILES string of the molecule is CC(C)(c1cc(Cl)cc(Cl)c1)N1C(=O)N(c2ccccc2)CNC1CC(=O)O. The number of amides is 2. The quantitative estimate of drug-likeness (QED) is 0.743. The lowest BCUT2D eigenvalue weighted by Crippen LogP contribution is -2.67. The number of aliphatic carboxylic acids is 1. The van der Waals surface area contributed by atoms with Crippen LogP contribution in [0.1, 0.15) is 25.8 Å². The molecular formula is C20H21Cl2N3O3. The number of carbonyl (C=O) groups is 2. The van der Waals surface area contributed by atoms with Gasteiger partial charge in [-0.1, -0.05) is 41.4 Å². The molecule has 1 heterocycles. The predicted molar refractivity (Wildman–Crippen MR) is 110 cm³/mol. The first-order chi connectivity index (χ1) is 13.2. The summed E-state index contributed by atoms with van der Waals surface area (Å²) in [6, 6.07) is 14.0. The van der Waals surface area contributed by atoms with Crippen molar-refractivity contribution in [2.75, 3.05) is 11.6 Å². The summed E-state index contributed by atoms with van der Waals surface area (Å²) in [5.74, 6) is -0.997. The average molecular weight is 422 g/mol. The lowest BCUT2D eigenvalue weighted by atomic mass is 9.91. The van der Waals surface area contributed by atoms with E-state index in [9.17, 15) is 14.7 Å². The second-order valence-corrected chi connectivity index (χ2v) is 7.98. The van der Waals surface area contributed by atoms with Crippen LogP contribution in [0.15, 0.2) is 48.5 Å². The third kappa shape index (κ3) is 4.09. The van der Waals surface area contributed by atoms with E-state index in [1.165, 1.54) is 0 Å². The molecule has 1 unspecified atom stereocenters. The Bertz CT molecular complexity index is 869. The Hall–Kier alpha value is -2.28. The van der Waals surface area contributed by atoms with E-state index >= 15 is 0 Å². The highest BCUT2D eigenvalue weighted by molar-refractivity contribution is 6.34. The van der Waals surface area contributed by atoms with Gasteiger partial charge in [0.1, 0.15) is 0 Å². The highest BCUT2D eigenvalue weighted by Gasteiger charge is 2.44. The van der Waals surface area contributed by atoms with E-state index in [2.05, 4.69) is 5.32 Å². The zero-order chi connectivity index (χ0) is 20.5. The van der Waals surface area contributed by atoms with Crippen LogP contribution in [0.5, 0.6) is 0 Å². The molecule has 0 radical (unpaired) electrons. The molecule has 0 aliphatic carbocycles. The molecule has 28 heavy (non-hydrogen) atoms. The number of nitrogens with one attached hydrogen (secondary N) is 1. The van der Waals surface area contributed by atoms with Gasteiger partial charge in [-0.05, 0) is 49.7 Å². The van der Waals surface area contributed by atoms with E-state index in [1.807, 2.05) is 44.2 Å². The first kappa shape index (κ1) is 20.5. The molecule has 2 amide bonds. The van der Waals surface area contributed by atoms with Crippen molar-refractivity contribution in [3.05, 3.63) is 64.1 Å². The Balaban J connectivity index is 2.04. The molecule has 1 aliphatic rings. The number of rotatable bonds is 5. The van der Waals surface area contributed by atoms with Gasteiger partial charge in [-0.15, -0.1) is 0 Å². The predicted octanol–water partition coefficient (Wildman–Crippen LogP) is 4.52. The minimum absolute atomic E-state index is 0.212. The maximum absolute atomic E-state index is 13.5. The number of nitrogens with zero attached hydrogens (tertiary/aromatic N) is 2. The number of para-hydroxylation sites is 1. The summed E-state index contributed by atoms with van der Waals surface area (Å²) >= 11 is 12.3. The molecule has 1 aliphatic heterocycles. The second kappa shape index (κ2) is 7.99. The minimum Gasteiger partial charge on any atom is -0.481 e. The summed E-state index contributed by atoms with van der Waals surface area (Å²) in [6.07, 6.45) is -0.913. The zero-order valence-corrected chi connectivity index (χ0v) is 17.0. The summed E-state index contributed by atoms with van der Waals surface area (Å²) in [6.45, 7) is 3.90. The molecule has 2 N–H and O–H groups in total. The molecule has 0 bridgehead atoms. The van der Waals surface area contributed by atoms with Crippen molar-refractivity contribution in [1.82, 2.24) is 10.2 Å². The Morgan fingerprint density at radius 1 is 1.18 bits per heavy atom. The molecule has 1 saturated heterocycles. The highest BCUT2D eigenvalue weighted by Crippen LogP contribution is 2.36. The lowest BCUT2D eigenvalue weighted by molar-refractivity contribution is -0.139. The minimum atomic E-state index is -0.997. The van der Waals surface area contributed by atoms with Gasteiger partial charge >= 0.3 is 12.0 Å². The number of carboxylic acid groups (broad SMARTS) is 1. The number of anilines is 1. The Morgan fingerprint density at radius 2 is 1.79 bits per heavy atom. The molecule has 1 atom stereocenters. The number of hydrogen-bond donors (Lipinski definition) is 2. The largest absolute Gasteiger partial charge is 0.481 e. The van der Waals surface area contributed by atoms with E-state index in [1.54, 1.807) is 28.0 Å². The number of carboxylic acids is 1. The van der Waals surface area contributed by atoms with Crippen molar-refractivity contribution >= 4 is 40.9 Å². The lowest BCUT2D eigenvalue weighted by Gasteiger charge is -2.49. The molecule has 0 aromatic heterocycles. The Labute approximate surface area is 173 Å². The molecule has 2 aromatic rings. The molecule has 2 aromatic carbocycles. The number of carbonyl (C=O) groups excluding carboxylic acids is 1. The maximum Gasteiger partial charge on any atom is 0.327 e. The van der Waals surface area contributed by atoms with E-state index in [0.29, 0.717) is 15.6 Å². The highest BCUT2D eigenvalue weighted by atomic mass is 35.5. The first-order valence-electron chi connectivity index (χ1n) is 8.78. The fraction of sp³-hybridized carbons (Fsp3) is 0.300. The summed E-state index contributed by atoms with van der Waals surface area (Å²) in [5, 5.41) is 13.4. The molecule has 3 rings (SSSR count). The van der Waals surface area contributed by atoms with Crippen LogP contribution in [0.3, 0.4) is 0 Å². The first-order valence-corrected chi connectivity index (χ1v) is 9.53. The van der Waals surface area contributed by atoms with Crippen molar-refractivity contribution in [3.63, 3.8) is 0 Å². The van der Waals surface area contributed by atoms with Gasteiger partial charge in [0.05, 0.1) is 24.8 Å². The van der Waals surface area contributed by atoms with Crippen LogP contribution >= 0.6 is 23.2 Å². The van der Waals surface area contributed by atoms with Crippen LogP contribution in [-0.2, 0) is 10.3 Å². The monoisotopic (exact) mass is 421 g/mol. The van der Waals surface area contributed by atoms with Gasteiger partial charge in [0.15, 0.2) is 0 Å². The normalized spacial score (nSPS) is 17.7. The van der Waals surface area contributed by atoms with Crippen LogP contribution in [0.25, 0.3) is 0 Å². The molecule has 0 saturated carbocycles. The molecular weight excluding hydrogens is 401 g/mol. The smallest absolute Gasteiger partial charge is 0.327 e. The number of benzene rings is 2. The van der Waals surface area contributed by atoms with Crippen molar-refractivity contribution in [1.29, 1.82) is 0 Å². The van der Waals surface area contributed by atoms with Crippen LogP contribution in [0, 0.1) is 0 Å². The third-order valence-electron chi connectivity index (χ3n) is 4.84. The standard InChI is InChI=1S/C20H21Cl2N3O3/c1-20(2,13-8-14(21)10-15(22)9-13)25-17(11-18(26)27)23-12-24(19(25)28)16-6-4-3-5-7-16/h3-10,17,23H,11-12H2,1-2H3,(H,26,27). The molecule has 1 fully saturated rings. The van der Waals surface area contributed by atoms with E-state index in [4.69, 9.17) is 23.2 Å². The van der Waals surface area contributed by atoms with Crippen LogP contribution in [-0.4, -0.2) is 34.8 Å². The Kier molecular flexibility index (Phi) is 5.84. The fourth-order valence-corrected chi connectivity index (χ4v) is 3.96. The van der Waals surface area contributed by atoms with Crippen LogP contribution < -0.4 is 10.2 Å². The van der Waals surface area contributed by atoms with E-state index < -0.39 is 17.7 Å². The van der Waals surface area contributed by atoms with Gasteiger partial charge in [0, 0.05) is 15.7 Å². The van der Waals surface area contributed by atoms with Crippen molar-refractivity contribution in [2.24, 2.45) is 0 Å². The van der Waals surface area contributed by atoms with Crippen molar-refractivity contribution in [3.8, 4) is 0 Å². The Morgan fingerprint density at radius 3 is 2.36 bits per heavy atom. The number of hydrogen-bond acceptors (Lipinski definition) is 3. The van der Waals surface area contributed by atoms with Crippen LogP contribution in [0.4, 0.5) is 10.5 Å². The zero-order valence-electron chi connectivity index (χ0n) is 15.5. The van der Waals surface area contributed by atoms with Gasteiger partial charge in [-0.3, -0.25) is 19.9 Å². The molecule has 0 spiro atoms. The maximum atomic E-state index is 13.5. The van der Waals surface area contributed by atoms with Gasteiger partial charge in [0.25, 0.3) is 0 Å². The number of halogens is 2. The molecule has 148 valence electrons. The topological polar surface area (TPSA) is 72.9 Å². The van der Waals surface area contributed by atoms with Crippen LogP contribution in [0.2, 0.25) is 10.0 Å². The van der Waals surface area contributed by atoms with Gasteiger partial charge < -0.3 is 5.11 Å². The van der Waals surface area contributed by atoms with Crippen molar-refractivity contribution in [2.45, 2.75) is 32.0 Å². The molecule has 8 heteroatoms. The number of urea groups is 1. The van der Waals surface area contributed by atoms with E-state index in [-0.39, 0.29) is 19.1 Å². The van der Waals surface area contributed by atoms with Gasteiger partial charge in [0.2, 0.25) is 0 Å².